The Morgan fingerprint density at radius 2 is 1.74 bits per heavy atom. The van der Waals surface area contributed by atoms with Crippen molar-refractivity contribution in [1.29, 1.82) is 0 Å². The van der Waals surface area contributed by atoms with Crippen LogP contribution in [0.5, 0.6) is 0 Å². The molecule has 5 heteroatoms. The van der Waals surface area contributed by atoms with Crippen LogP contribution in [0.25, 0.3) is 22.3 Å². The number of halogens is 1. The van der Waals surface area contributed by atoms with Crippen molar-refractivity contribution >= 4 is 28.7 Å². The Morgan fingerprint density at radius 3 is 2.48 bits per heavy atom. The molecule has 0 aliphatic rings. The standard InChI is InChI=1S/C22H16ClN3O/c1-15-7-9-17(10-8-15)21-25-20-12-11-18(23)13-19(20)22(27)26(21)24-14-16-5-3-2-4-6-16/h2-14H,1H3/b24-14+. The maximum atomic E-state index is 13.1. The molecule has 0 N–H and O–H groups in total. The lowest BCUT2D eigenvalue weighted by molar-refractivity contribution is 0.829. The minimum absolute atomic E-state index is 0.259. The average molecular weight is 374 g/mol. The molecule has 0 saturated heterocycles. The van der Waals surface area contributed by atoms with E-state index >= 15 is 0 Å². The van der Waals surface area contributed by atoms with Gasteiger partial charge in [-0.3, -0.25) is 4.79 Å². The van der Waals surface area contributed by atoms with E-state index in [1.54, 1.807) is 24.4 Å². The molecule has 0 unspecified atom stereocenters. The SMILES string of the molecule is Cc1ccc(-c2nc3ccc(Cl)cc3c(=O)n2/N=C/c2ccccc2)cc1. The first kappa shape index (κ1) is 17.2. The number of rotatable bonds is 3. The summed E-state index contributed by atoms with van der Waals surface area (Å²) in [7, 11) is 0. The van der Waals surface area contributed by atoms with Crippen molar-refractivity contribution < 1.29 is 0 Å². The van der Waals surface area contributed by atoms with E-state index in [1.165, 1.54) is 4.68 Å². The third kappa shape index (κ3) is 3.52. The maximum Gasteiger partial charge on any atom is 0.282 e. The van der Waals surface area contributed by atoms with Crippen LogP contribution < -0.4 is 5.56 Å². The lowest BCUT2D eigenvalue weighted by Gasteiger charge is -2.10. The topological polar surface area (TPSA) is 47.2 Å². The number of fused-ring (bicyclic) bond motifs is 1. The highest BCUT2D eigenvalue weighted by molar-refractivity contribution is 6.31. The van der Waals surface area contributed by atoms with Gasteiger partial charge in [0.05, 0.1) is 17.1 Å². The smallest absolute Gasteiger partial charge is 0.267 e. The lowest BCUT2D eigenvalue weighted by Crippen LogP contribution is -2.20. The normalized spacial score (nSPS) is 11.3. The number of nitrogens with zero attached hydrogens (tertiary/aromatic N) is 3. The number of hydrogen-bond acceptors (Lipinski definition) is 3. The number of benzene rings is 3. The third-order valence-corrected chi connectivity index (χ3v) is 4.48. The minimum atomic E-state index is -0.259. The summed E-state index contributed by atoms with van der Waals surface area (Å²) in [6.45, 7) is 2.01. The zero-order chi connectivity index (χ0) is 18.8. The molecule has 0 fully saturated rings. The van der Waals surface area contributed by atoms with E-state index in [-0.39, 0.29) is 5.56 Å². The van der Waals surface area contributed by atoms with Gasteiger partial charge in [0, 0.05) is 10.6 Å². The van der Waals surface area contributed by atoms with Crippen LogP contribution in [0.3, 0.4) is 0 Å². The van der Waals surface area contributed by atoms with Crippen LogP contribution in [0.15, 0.2) is 82.7 Å². The fourth-order valence-corrected chi connectivity index (χ4v) is 2.98. The molecule has 4 nitrogen and oxygen atoms in total. The van der Waals surface area contributed by atoms with Gasteiger partial charge in [-0.15, -0.1) is 0 Å². The van der Waals surface area contributed by atoms with E-state index in [2.05, 4.69) is 10.1 Å². The van der Waals surface area contributed by atoms with E-state index in [4.69, 9.17) is 11.6 Å². The van der Waals surface area contributed by atoms with Gasteiger partial charge in [-0.2, -0.15) is 9.78 Å². The second kappa shape index (κ2) is 7.17. The molecule has 0 spiro atoms. The summed E-state index contributed by atoms with van der Waals surface area (Å²) < 4.78 is 1.33. The molecule has 0 amide bonds. The first-order valence-corrected chi connectivity index (χ1v) is 8.88. The van der Waals surface area contributed by atoms with Crippen LogP contribution in [-0.2, 0) is 0 Å². The summed E-state index contributed by atoms with van der Waals surface area (Å²) >= 11 is 6.08. The third-order valence-electron chi connectivity index (χ3n) is 4.24. The predicted molar refractivity (Wildman–Crippen MR) is 111 cm³/mol. The van der Waals surface area contributed by atoms with E-state index in [0.29, 0.717) is 21.7 Å². The van der Waals surface area contributed by atoms with Crippen molar-refractivity contribution in [1.82, 2.24) is 9.66 Å². The molecule has 4 aromatic rings. The van der Waals surface area contributed by atoms with Crippen LogP contribution in [-0.4, -0.2) is 15.9 Å². The minimum Gasteiger partial charge on any atom is -0.267 e. The molecule has 1 aromatic heterocycles. The van der Waals surface area contributed by atoms with Crippen LogP contribution in [0.2, 0.25) is 5.02 Å². The van der Waals surface area contributed by atoms with Crippen LogP contribution in [0.1, 0.15) is 11.1 Å². The van der Waals surface area contributed by atoms with Gasteiger partial charge in [0.25, 0.3) is 5.56 Å². The molecule has 0 aliphatic heterocycles. The summed E-state index contributed by atoms with van der Waals surface area (Å²) in [5.74, 6) is 0.488. The second-order valence-corrected chi connectivity index (χ2v) is 6.67. The number of aromatic nitrogens is 2. The van der Waals surface area contributed by atoms with Gasteiger partial charge < -0.3 is 0 Å². The lowest BCUT2D eigenvalue weighted by atomic mass is 10.1. The van der Waals surface area contributed by atoms with E-state index in [0.717, 1.165) is 16.7 Å². The molecule has 0 bridgehead atoms. The second-order valence-electron chi connectivity index (χ2n) is 6.24. The Bertz CT molecular complexity index is 1200. The molecule has 4 rings (SSSR count). The van der Waals surface area contributed by atoms with E-state index < -0.39 is 0 Å². The average Bonchev–Trinajstić information content (AvgIpc) is 2.69. The first-order valence-electron chi connectivity index (χ1n) is 8.50. The Kier molecular flexibility index (Phi) is 4.57. The van der Waals surface area contributed by atoms with E-state index in [9.17, 15) is 4.79 Å². The first-order chi connectivity index (χ1) is 13.1. The zero-order valence-electron chi connectivity index (χ0n) is 14.6. The molecule has 132 valence electrons. The fraction of sp³-hybridized carbons (Fsp3) is 0.0455. The molecule has 0 radical (unpaired) electrons. The highest BCUT2D eigenvalue weighted by Crippen LogP contribution is 2.21. The van der Waals surface area contributed by atoms with Gasteiger partial charge in [-0.05, 0) is 30.7 Å². The summed E-state index contributed by atoms with van der Waals surface area (Å²) in [4.78, 5) is 17.8. The Morgan fingerprint density at radius 1 is 1.00 bits per heavy atom. The Balaban J connectivity index is 1.96. The van der Waals surface area contributed by atoms with Gasteiger partial charge >= 0.3 is 0 Å². The van der Waals surface area contributed by atoms with Crippen molar-refractivity contribution in [3.05, 3.63) is 99.3 Å². The molecular weight excluding hydrogens is 358 g/mol. The monoisotopic (exact) mass is 373 g/mol. The Hall–Kier alpha value is -3.24. The number of hydrogen-bond donors (Lipinski definition) is 0. The number of aryl methyl sites for hydroxylation is 1. The van der Waals surface area contributed by atoms with Gasteiger partial charge in [-0.1, -0.05) is 71.8 Å². The van der Waals surface area contributed by atoms with Crippen molar-refractivity contribution in [3.8, 4) is 11.4 Å². The summed E-state index contributed by atoms with van der Waals surface area (Å²) in [5, 5.41) is 5.35. The quantitative estimate of drug-likeness (QED) is 0.479. The zero-order valence-corrected chi connectivity index (χ0v) is 15.4. The molecule has 27 heavy (non-hydrogen) atoms. The Labute approximate surface area is 161 Å². The largest absolute Gasteiger partial charge is 0.282 e. The summed E-state index contributed by atoms with van der Waals surface area (Å²) in [5.41, 5.74) is 3.18. The maximum absolute atomic E-state index is 13.1. The van der Waals surface area contributed by atoms with Crippen molar-refractivity contribution in [2.75, 3.05) is 0 Å². The van der Waals surface area contributed by atoms with Crippen LogP contribution in [0, 0.1) is 6.92 Å². The van der Waals surface area contributed by atoms with Gasteiger partial charge in [0.15, 0.2) is 5.82 Å². The fourth-order valence-electron chi connectivity index (χ4n) is 2.81. The van der Waals surface area contributed by atoms with Crippen molar-refractivity contribution in [2.24, 2.45) is 5.10 Å². The summed E-state index contributed by atoms with van der Waals surface area (Å²) in [6, 6.07) is 22.6. The molecule has 3 aromatic carbocycles. The van der Waals surface area contributed by atoms with Gasteiger partial charge in [-0.25, -0.2) is 4.98 Å². The molecule has 0 aliphatic carbocycles. The predicted octanol–water partition coefficient (Wildman–Crippen LogP) is 4.91. The van der Waals surface area contributed by atoms with Gasteiger partial charge in [0.1, 0.15) is 0 Å². The van der Waals surface area contributed by atoms with Crippen molar-refractivity contribution in [2.45, 2.75) is 6.92 Å². The molecule has 0 atom stereocenters. The molecule has 0 saturated carbocycles. The summed E-state index contributed by atoms with van der Waals surface area (Å²) in [6.07, 6.45) is 1.65. The van der Waals surface area contributed by atoms with Gasteiger partial charge in [0.2, 0.25) is 0 Å². The van der Waals surface area contributed by atoms with Crippen molar-refractivity contribution in [3.63, 3.8) is 0 Å². The van der Waals surface area contributed by atoms with Crippen LogP contribution in [0.4, 0.5) is 0 Å². The molecular formula is C22H16ClN3O. The molecule has 1 heterocycles. The van der Waals surface area contributed by atoms with E-state index in [1.807, 2.05) is 61.5 Å². The highest BCUT2D eigenvalue weighted by Gasteiger charge is 2.13. The van der Waals surface area contributed by atoms with Crippen LogP contribution >= 0.6 is 11.6 Å². The highest BCUT2D eigenvalue weighted by atomic mass is 35.5.